The zero-order chi connectivity index (χ0) is 18.6. The fraction of sp³-hybridized carbons (Fsp3) is 0.222. The van der Waals surface area contributed by atoms with Crippen molar-refractivity contribution in [3.05, 3.63) is 59.2 Å². The SMILES string of the molecule is CCNS(=O)(=O)c1ccc(C)c(C(=O)Nc2ccc(C(C)=O)cc2)c1. The molecule has 7 heteroatoms. The van der Waals surface area contributed by atoms with E-state index in [-0.39, 0.29) is 22.8 Å². The van der Waals surface area contributed by atoms with Crippen molar-refractivity contribution < 1.29 is 18.0 Å². The van der Waals surface area contributed by atoms with Gasteiger partial charge in [0, 0.05) is 23.4 Å². The molecular weight excluding hydrogens is 340 g/mol. The van der Waals surface area contributed by atoms with Crippen LogP contribution in [0.15, 0.2) is 47.4 Å². The Morgan fingerprint density at radius 3 is 2.24 bits per heavy atom. The van der Waals surface area contributed by atoms with E-state index in [9.17, 15) is 18.0 Å². The number of sulfonamides is 1. The van der Waals surface area contributed by atoms with Crippen LogP contribution in [0.25, 0.3) is 0 Å². The Morgan fingerprint density at radius 1 is 1.04 bits per heavy atom. The molecule has 2 aromatic carbocycles. The standard InChI is InChI=1S/C18H20N2O4S/c1-4-19-25(23,24)16-10-5-12(2)17(11-16)18(22)20-15-8-6-14(7-9-15)13(3)21/h5-11,19H,4H2,1-3H3,(H,20,22). The second-order valence-electron chi connectivity index (χ2n) is 5.57. The van der Waals surface area contributed by atoms with E-state index in [1.165, 1.54) is 19.1 Å². The highest BCUT2D eigenvalue weighted by molar-refractivity contribution is 7.89. The molecule has 0 saturated heterocycles. The molecule has 25 heavy (non-hydrogen) atoms. The molecule has 0 aliphatic heterocycles. The van der Waals surface area contributed by atoms with Crippen LogP contribution in [-0.4, -0.2) is 26.7 Å². The molecule has 0 heterocycles. The van der Waals surface area contributed by atoms with Gasteiger partial charge < -0.3 is 5.32 Å². The molecule has 0 spiro atoms. The highest BCUT2D eigenvalue weighted by Crippen LogP contribution is 2.18. The number of nitrogens with one attached hydrogen (secondary N) is 2. The molecule has 0 saturated carbocycles. The third-order valence-electron chi connectivity index (χ3n) is 3.65. The number of benzene rings is 2. The largest absolute Gasteiger partial charge is 0.322 e. The summed E-state index contributed by atoms with van der Waals surface area (Å²) in [7, 11) is -3.64. The maximum atomic E-state index is 12.5. The number of aryl methyl sites for hydroxylation is 1. The lowest BCUT2D eigenvalue weighted by Crippen LogP contribution is -2.24. The van der Waals surface area contributed by atoms with Crippen LogP contribution in [0.1, 0.15) is 40.1 Å². The van der Waals surface area contributed by atoms with E-state index in [0.29, 0.717) is 16.8 Å². The summed E-state index contributed by atoms with van der Waals surface area (Å²) < 4.78 is 26.6. The lowest BCUT2D eigenvalue weighted by atomic mass is 10.1. The van der Waals surface area contributed by atoms with E-state index in [1.54, 1.807) is 44.2 Å². The van der Waals surface area contributed by atoms with Gasteiger partial charge in [-0.3, -0.25) is 9.59 Å². The number of Topliss-reactive ketones (excluding diaryl/α,β-unsaturated/α-hetero) is 1. The summed E-state index contributed by atoms with van der Waals surface area (Å²) in [4.78, 5) is 23.8. The zero-order valence-electron chi connectivity index (χ0n) is 14.3. The van der Waals surface area contributed by atoms with Gasteiger partial charge in [0.15, 0.2) is 5.78 Å². The monoisotopic (exact) mass is 360 g/mol. The van der Waals surface area contributed by atoms with Gasteiger partial charge in [0.05, 0.1) is 4.90 Å². The van der Waals surface area contributed by atoms with Gasteiger partial charge in [-0.05, 0) is 55.8 Å². The van der Waals surface area contributed by atoms with E-state index in [0.717, 1.165) is 0 Å². The number of carbonyl (C=O) groups excluding carboxylic acids is 2. The first kappa shape index (κ1) is 18.8. The molecule has 1 amide bonds. The average Bonchev–Trinajstić information content (AvgIpc) is 2.55. The van der Waals surface area contributed by atoms with Crippen molar-refractivity contribution in [2.75, 3.05) is 11.9 Å². The van der Waals surface area contributed by atoms with Gasteiger partial charge in [0.2, 0.25) is 10.0 Å². The van der Waals surface area contributed by atoms with Gasteiger partial charge in [-0.1, -0.05) is 13.0 Å². The van der Waals surface area contributed by atoms with Crippen LogP contribution in [-0.2, 0) is 10.0 Å². The number of carbonyl (C=O) groups is 2. The number of amides is 1. The quantitative estimate of drug-likeness (QED) is 0.775. The molecule has 6 nitrogen and oxygen atoms in total. The van der Waals surface area contributed by atoms with Gasteiger partial charge in [-0.2, -0.15) is 0 Å². The third kappa shape index (κ3) is 4.52. The van der Waals surface area contributed by atoms with E-state index < -0.39 is 15.9 Å². The summed E-state index contributed by atoms with van der Waals surface area (Å²) in [6.07, 6.45) is 0. The van der Waals surface area contributed by atoms with Crippen LogP contribution >= 0.6 is 0 Å². The van der Waals surface area contributed by atoms with E-state index in [1.807, 2.05) is 0 Å². The summed E-state index contributed by atoms with van der Waals surface area (Å²) >= 11 is 0. The second-order valence-corrected chi connectivity index (χ2v) is 7.33. The van der Waals surface area contributed by atoms with Crippen molar-refractivity contribution in [1.82, 2.24) is 4.72 Å². The van der Waals surface area contributed by atoms with Gasteiger partial charge >= 0.3 is 0 Å². The molecule has 2 aromatic rings. The Morgan fingerprint density at radius 2 is 1.68 bits per heavy atom. The molecule has 0 bridgehead atoms. The molecule has 0 fully saturated rings. The smallest absolute Gasteiger partial charge is 0.255 e. The second kappa shape index (κ2) is 7.58. The number of ketones is 1. The van der Waals surface area contributed by atoms with Crippen molar-refractivity contribution in [1.29, 1.82) is 0 Å². The van der Waals surface area contributed by atoms with Gasteiger partial charge in [0.25, 0.3) is 5.91 Å². The Labute approximate surface area is 147 Å². The summed E-state index contributed by atoms with van der Waals surface area (Å²) in [6.45, 7) is 5.15. The third-order valence-corrected chi connectivity index (χ3v) is 5.19. The molecule has 0 unspecified atom stereocenters. The Kier molecular flexibility index (Phi) is 5.71. The maximum absolute atomic E-state index is 12.5. The molecular formula is C18H20N2O4S. The van der Waals surface area contributed by atoms with Crippen molar-refractivity contribution >= 4 is 27.4 Å². The van der Waals surface area contributed by atoms with Crippen LogP contribution in [0.3, 0.4) is 0 Å². The van der Waals surface area contributed by atoms with Gasteiger partial charge in [-0.25, -0.2) is 13.1 Å². The number of hydrogen-bond donors (Lipinski definition) is 2. The first-order chi connectivity index (χ1) is 11.7. The van der Waals surface area contributed by atoms with Gasteiger partial charge in [-0.15, -0.1) is 0 Å². The van der Waals surface area contributed by atoms with Crippen LogP contribution in [0, 0.1) is 6.92 Å². The van der Waals surface area contributed by atoms with Gasteiger partial charge in [0.1, 0.15) is 0 Å². The molecule has 0 aliphatic rings. The minimum atomic E-state index is -3.64. The highest BCUT2D eigenvalue weighted by atomic mass is 32.2. The molecule has 0 aromatic heterocycles. The number of hydrogen-bond acceptors (Lipinski definition) is 4. The fourth-order valence-electron chi connectivity index (χ4n) is 2.27. The first-order valence-corrected chi connectivity index (χ1v) is 9.25. The molecule has 2 rings (SSSR count). The Balaban J connectivity index is 2.28. The molecule has 0 aliphatic carbocycles. The van der Waals surface area contributed by atoms with E-state index in [4.69, 9.17) is 0 Å². The molecule has 0 atom stereocenters. The first-order valence-electron chi connectivity index (χ1n) is 7.77. The minimum absolute atomic E-state index is 0.0389. The fourth-order valence-corrected chi connectivity index (χ4v) is 3.34. The lowest BCUT2D eigenvalue weighted by molar-refractivity contribution is 0.101. The average molecular weight is 360 g/mol. The van der Waals surface area contributed by atoms with E-state index in [2.05, 4.69) is 10.0 Å². The predicted octanol–water partition coefficient (Wildman–Crippen LogP) is 2.75. The zero-order valence-corrected chi connectivity index (χ0v) is 15.1. The minimum Gasteiger partial charge on any atom is -0.322 e. The number of anilines is 1. The lowest BCUT2D eigenvalue weighted by Gasteiger charge is -2.11. The summed E-state index contributed by atoms with van der Waals surface area (Å²) in [5, 5.41) is 2.71. The molecule has 0 radical (unpaired) electrons. The van der Waals surface area contributed by atoms with Crippen molar-refractivity contribution in [3.8, 4) is 0 Å². The maximum Gasteiger partial charge on any atom is 0.255 e. The van der Waals surface area contributed by atoms with Crippen molar-refractivity contribution in [2.45, 2.75) is 25.7 Å². The summed E-state index contributed by atoms with van der Waals surface area (Å²) in [6, 6.07) is 10.9. The van der Waals surface area contributed by atoms with Crippen LogP contribution in [0.2, 0.25) is 0 Å². The Hall–Kier alpha value is -2.51. The highest BCUT2D eigenvalue weighted by Gasteiger charge is 2.17. The van der Waals surface area contributed by atoms with Crippen molar-refractivity contribution in [3.63, 3.8) is 0 Å². The van der Waals surface area contributed by atoms with Crippen LogP contribution in [0.4, 0.5) is 5.69 Å². The van der Waals surface area contributed by atoms with Crippen LogP contribution < -0.4 is 10.0 Å². The summed E-state index contributed by atoms with van der Waals surface area (Å²) in [5.41, 5.74) is 2.00. The molecule has 2 N–H and O–H groups in total. The summed E-state index contributed by atoms with van der Waals surface area (Å²) in [5.74, 6) is -0.475. The van der Waals surface area contributed by atoms with Crippen molar-refractivity contribution in [2.24, 2.45) is 0 Å². The predicted molar refractivity (Wildman–Crippen MR) is 96.4 cm³/mol. The topological polar surface area (TPSA) is 92.3 Å². The Bertz CT molecular complexity index is 903. The molecule has 132 valence electrons. The van der Waals surface area contributed by atoms with Crippen LogP contribution in [0.5, 0.6) is 0 Å². The van der Waals surface area contributed by atoms with E-state index >= 15 is 0 Å². The number of rotatable bonds is 6. The normalized spacial score (nSPS) is 11.2.